The van der Waals surface area contributed by atoms with Gasteiger partial charge in [-0.1, -0.05) is 11.3 Å². The van der Waals surface area contributed by atoms with Crippen molar-refractivity contribution >= 4 is 44.7 Å². The van der Waals surface area contributed by atoms with Crippen molar-refractivity contribution in [3.05, 3.63) is 60.0 Å². The van der Waals surface area contributed by atoms with Crippen molar-refractivity contribution in [3.63, 3.8) is 0 Å². The molecule has 0 spiro atoms. The fourth-order valence-corrected chi connectivity index (χ4v) is 4.47. The molecule has 0 unspecified atom stereocenters. The Morgan fingerprint density at radius 1 is 1.14 bits per heavy atom. The van der Waals surface area contributed by atoms with Crippen molar-refractivity contribution in [2.75, 3.05) is 0 Å². The van der Waals surface area contributed by atoms with Crippen LogP contribution in [-0.4, -0.2) is 9.38 Å². The van der Waals surface area contributed by atoms with E-state index >= 15 is 0 Å². The lowest BCUT2D eigenvalue weighted by Gasteiger charge is -1.98. The van der Waals surface area contributed by atoms with E-state index in [2.05, 4.69) is 44.0 Å². The average molecular weight is 326 g/mol. The van der Waals surface area contributed by atoms with Gasteiger partial charge in [0.25, 0.3) is 5.56 Å². The van der Waals surface area contributed by atoms with Gasteiger partial charge < -0.3 is 0 Å². The van der Waals surface area contributed by atoms with Crippen LogP contribution < -0.4 is 10.1 Å². The quantitative estimate of drug-likeness (QED) is 0.537. The van der Waals surface area contributed by atoms with Gasteiger partial charge in [-0.15, -0.1) is 11.3 Å². The van der Waals surface area contributed by atoms with Crippen molar-refractivity contribution in [2.24, 2.45) is 0 Å². The summed E-state index contributed by atoms with van der Waals surface area (Å²) in [5.41, 5.74) is 5.41. The van der Waals surface area contributed by atoms with Crippen LogP contribution in [0.15, 0.2) is 28.4 Å². The molecule has 110 valence electrons. The monoisotopic (exact) mass is 326 g/mol. The van der Waals surface area contributed by atoms with E-state index in [0.29, 0.717) is 0 Å². The first-order valence-electron chi connectivity index (χ1n) is 7.02. The Hall–Kier alpha value is -1.98. The highest BCUT2D eigenvalue weighted by molar-refractivity contribution is 7.15. The summed E-state index contributed by atoms with van der Waals surface area (Å²) in [6.07, 6.45) is 1.98. The van der Waals surface area contributed by atoms with Gasteiger partial charge in [0, 0.05) is 4.88 Å². The summed E-state index contributed by atoms with van der Waals surface area (Å²) < 4.78 is 2.48. The molecule has 0 N–H and O–H groups in total. The lowest BCUT2D eigenvalue weighted by Crippen LogP contribution is -2.22. The second-order valence-electron chi connectivity index (χ2n) is 5.54. The number of thiophene rings is 1. The van der Waals surface area contributed by atoms with Crippen molar-refractivity contribution in [1.29, 1.82) is 0 Å². The van der Waals surface area contributed by atoms with Gasteiger partial charge in [-0.3, -0.25) is 4.79 Å². The number of fused-ring (bicyclic) bond motifs is 3. The normalized spacial score (nSPS) is 12.8. The van der Waals surface area contributed by atoms with E-state index in [-0.39, 0.29) is 5.56 Å². The lowest BCUT2D eigenvalue weighted by atomic mass is 10.1. The van der Waals surface area contributed by atoms with E-state index in [1.54, 1.807) is 15.7 Å². The molecule has 0 fully saturated rings. The molecule has 4 aromatic rings. The summed E-state index contributed by atoms with van der Waals surface area (Å²) in [5.74, 6) is 0. The van der Waals surface area contributed by atoms with Crippen LogP contribution in [0.1, 0.15) is 21.6 Å². The number of hydrogen-bond donors (Lipinski definition) is 0. The molecule has 4 rings (SSSR count). The Balaban J connectivity index is 2.07. The van der Waals surface area contributed by atoms with Crippen LogP contribution in [0.4, 0.5) is 0 Å². The fraction of sp³-hybridized carbons (Fsp3) is 0.176. The maximum atomic E-state index is 12.7. The molecule has 0 saturated carbocycles. The Morgan fingerprint density at radius 2 is 1.91 bits per heavy atom. The van der Waals surface area contributed by atoms with E-state index in [1.807, 2.05) is 11.5 Å². The molecule has 0 amide bonds. The summed E-state index contributed by atoms with van der Waals surface area (Å²) in [7, 11) is 0. The molecule has 3 heterocycles. The summed E-state index contributed by atoms with van der Waals surface area (Å²) in [4.78, 5) is 19.3. The van der Waals surface area contributed by atoms with E-state index in [0.717, 1.165) is 25.4 Å². The van der Waals surface area contributed by atoms with Crippen LogP contribution in [-0.2, 0) is 0 Å². The number of rotatable bonds is 1. The zero-order valence-electron chi connectivity index (χ0n) is 12.5. The SMILES string of the molecule is Cc1cc2nc3sc(=Cc4sccc4C)c(=O)n3c2cc1C. The Labute approximate surface area is 135 Å². The molecule has 22 heavy (non-hydrogen) atoms. The highest BCUT2D eigenvalue weighted by Gasteiger charge is 2.12. The number of aromatic nitrogens is 2. The van der Waals surface area contributed by atoms with E-state index in [9.17, 15) is 4.79 Å². The van der Waals surface area contributed by atoms with Crippen LogP contribution >= 0.6 is 22.7 Å². The van der Waals surface area contributed by atoms with Crippen LogP contribution in [0.5, 0.6) is 0 Å². The largest absolute Gasteiger partial charge is 0.274 e. The molecule has 1 aromatic carbocycles. The van der Waals surface area contributed by atoms with Crippen LogP contribution in [0, 0.1) is 20.8 Å². The summed E-state index contributed by atoms with van der Waals surface area (Å²) >= 11 is 3.11. The summed E-state index contributed by atoms with van der Waals surface area (Å²) in [6.45, 7) is 6.19. The van der Waals surface area contributed by atoms with Crippen molar-refractivity contribution in [3.8, 4) is 0 Å². The molecule has 3 aromatic heterocycles. The van der Waals surface area contributed by atoms with E-state index in [1.165, 1.54) is 28.0 Å². The number of nitrogens with zero attached hydrogens (tertiary/aromatic N) is 2. The molecule has 5 heteroatoms. The first-order chi connectivity index (χ1) is 10.5. The minimum atomic E-state index is 0.0264. The average Bonchev–Trinajstić information content (AvgIpc) is 3.10. The second-order valence-corrected chi connectivity index (χ2v) is 7.50. The molecule has 0 radical (unpaired) electrons. The smallest absolute Gasteiger partial charge is 0.267 e. The highest BCUT2D eigenvalue weighted by atomic mass is 32.1. The second kappa shape index (κ2) is 4.76. The van der Waals surface area contributed by atoms with Gasteiger partial charge in [0.2, 0.25) is 0 Å². The van der Waals surface area contributed by atoms with E-state index < -0.39 is 0 Å². The predicted octanol–water partition coefficient (Wildman–Crippen LogP) is 3.44. The third-order valence-electron chi connectivity index (χ3n) is 4.02. The maximum Gasteiger partial charge on any atom is 0.274 e. The number of benzene rings is 1. The molecular weight excluding hydrogens is 312 g/mol. The molecule has 0 aliphatic rings. The minimum absolute atomic E-state index is 0.0264. The third kappa shape index (κ3) is 1.93. The van der Waals surface area contributed by atoms with Gasteiger partial charge in [-0.05, 0) is 67.1 Å². The topological polar surface area (TPSA) is 34.4 Å². The number of imidazole rings is 1. The number of thiazole rings is 1. The zero-order valence-corrected chi connectivity index (χ0v) is 14.1. The van der Waals surface area contributed by atoms with Gasteiger partial charge in [-0.2, -0.15) is 0 Å². The van der Waals surface area contributed by atoms with Crippen molar-refractivity contribution < 1.29 is 0 Å². The first kappa shape index (κ1) is 13.7. The minimum Gasteiger partial charge on any atom is -0.267 e. The fourth-order valence-electron chi connectivity index (χ4n) is 2.57. The Morgan fingerprint density at radius 3 is 2.64 bits per heavy atom. The van der Waals surface area contributed by atoms with Crippen molar-refractivity contribution in [1.82, 2.24) is 9.38 Å². The molecular formula is C17H14N2OS2. The Kier molecular flexibility index (Phi) is 2.96. The van der Waals surface area contributed by atoms with Gasteiger partial charge in [0.15, 0.2) is 4.96 Å². The maximum absolute atomic E-state index is 12.7. The summed E-state index contributed by atoms with van der Waals surface area (Å²) in [5, 5.41) is 2.05. The molecule has 0 saturated heterocycles. The third-order valence-corrected chi connectivity index (χ3v) is 5.95. The molecule has 0 aliphatic heterocycles. The van der Waals surface area contributed by atoms with Crippen molar-refractivity contribution in [2.45, 2.75) is 20.8 Å². The van der Waals surface area contributed by atoms with Crippen LogP contribution in [0.25, 0.3) is 22.1 Å². The molecule has 3 nitrogen and oxygen atoms in total. The van der Waals surface area contributed by atoms with Gasteiger partial charge in [0.05, 0.1) is 15.6 Å². The molecule has 0 bridgehead atoms. The van der Waals surface area contributed by atoms with Crippen LogP contribution in [0.2, 0.25) is 0 Å². The first-order valence-corrected chi connectivity index (χ1v) is 8.72. The van der Waals surface area contributed by atoms with E-state index in [4.69, 9.17) is 0 Å². The highest BCUT2D eigenvalue weighted by Crippen LogP contribution is 2.21. The number of hydrogen-bond acceptors (Lipinski definition) is 4. The number of aryl methyl sites for hydroxylation is 3. The standard InChI is InChI=1S/C17H14N2OS2/c1-9-4-5-21-14(9)8-15-16(20)19-13-7-11(3)10(2)6-12(13)18-17(19)22-15/h4-8H,1-3H3. The molecule has 0 aliphatic carbocycles. The lowest BCUT2D eigenvalue weighted by molar-refractivity contribution is 1.18. The van der Waals surface area contributed by atoms with Gasteiger partial charge in [-0.25, -0.2) is 9.38 Å². The predicted molar refractivity (Wildman–Crippen MR) is 94.2 cm³/mol. The molecule has 0 atom stereocenters. The summed E-state index contributed by atoms with van der Waals surface area (Å²) in [6, 6.07) is 6.18. The van der Waals surface area contributed by atoms with Gasteiger partial charge in [0.1, 0.15) is 0 Å². The van der Waals surface area contributed by atoms with Gasteiger partial charge >= 0.3 is 0 Å². The van der Waals surface area contributed by atoms with Crippen LogP contribution in [0.3, 0.4) is 0 Å². The zero-order chi connectivity index (χ0) is 15.4. The Bertz CT molecular complexity index is 1130.